The van der Waals surface area contributed by atoms with Gasteiger partial charge in [0.1, 0.15) is 23.1 Å². The number of halogens is 2. The van der Waals surface area contributed by atoms with Crippen molar-refractivity contribution < 1.29 is 8.78 Å². The monoisotopic (exact) mass is 369 g/mol. The van der Waals surface area contributed by atoms with Gasteiger partial charge in [0.15, 0.2) is 5.82 Å². The number of nitrogens with two attached hydrogens (primary N) is 1. The highest BCUT2D eigenvalue weighted by atomic mass is 19.1. The lowest BCUT2D eigenvalue weighted by atomic mass is 10.3. The lowest BCUT2D eigenvalue weighted by Gasteiger charge is -2.10. The number of benzene rings is 1. The molecule has 0 saturated heterocycles. The predicted molar refractivity (Wildman–Crippen MR) is 98.3 cm³/mol. The number of aromatic nitrogens is 4. The molecule has 2 aromatic heterocycles. The fourth-order valence-electron chi connectivity index (χ4n) is 2.51. The molecule has 0 aliphatic heterocycles. The van der Waals surface area contributed by atoms with Crippen LogP contribution in [0.25, 0.3) is 11.5 Å². The van der Waals surface area contributed by atoms with E-state index >= 15 is 0 Å². The Morgan fingerprint density at radius 3 is 2.41 bits per heavy atom. The molecule has 2 heterocycles. The Balaban J connectivity index is 1.68. The van der Waals surface area contributed by atoms with Crippen LogP contribution in [0.1, 0.15) is 12.8 Å². The third kappa shape index (κ3) is 4.43. The number of hydrogen-bond acceptors (Lipinski definition) is 7. The minimum atomic E-state index is -0.698. The number of nitrogens with one attached hydrogen (secondary N) is 2. The molecule has 4 N–H and O–H groups in total. The van der Waals surface area contributed by atoms with Gasteiger partial charge in [-0.15, -0.1) is 0 Å². The van der Waals surface area contributed by atoms with Crippen LogP contribution in [0.3, 0.4) is 0 Å². The van der Waals surface area contributed by atoms with Gasteiger partial charge >= 0.3 is 0 Å². The van der Waals surface area contributed by atoms with Gasteiger partial charge in [0, 0.05) is 18.3 Å². The zero-order valence-electron chi connectivity index (χ0n) is 14.3. The summed E-state index contributed by atoms with van der Waals surface area (Å²) in [7, 11) is 0. The third-order valence-electron chi connectivity index (χ3n) is 4.00. The molecular weight excluding hydrogens is 352 g/mol. The Morgan fingerprint density at radius 2 is 1.70 bits per heavy atom. The highest BCUT2D eigenvalue weighted by Crippen LogP contribution is 2.29. The summed E-state index contributed by atoms with van der Waals surface area (Å²) in [5, 5.41) is 5.98. The van der Waals surface area contributed by atoms with Crippen molar-refractivity contribution in [1.82, 2.24) is 19.9 Å². The third-order valence-corrected chi connectivity index (χ3v) is 4.00. The Bertz CT molecular complexity index is 955. The summed E-state index contributed by atoms with van der Waals surface area (Å²) in [6, 6.07) is 8.23. The van der Waals surface area contributed by atoms with Crippen molar-refractivity contribution in [3.63, 3.8) is 0 Å². The molecule has 3 aromatic rings. The molecule has 1 aliphatic carbocycles. The highest BCUT2D eigenvalue weighted by molar-refractivity contribution is 5.59. The fraction of sp³-hybridized carbons (Fsp3) is 0.222. The maximum absolute atomic E-state index is 13.4. The van der Waals surface area contributed by atoms with Gasteiger partial charge in [-0.05, 0) is 43.0 Å². The summed E-state index contributed by atoms with van der Waals surface area (Å²) in [5.74, 6) is 0.359. The average molecular weight is 369 g/mol. The number of nitrogens with zero attached hydrogens (tertiary/aromatic N) is 4. The number of pyridine rings is 1. The van der Waals surface area contributed by atoms with Crippen LogP contribution in [0.2, 0.25) is 0 Å². The zero-order valence-corrected chi connectivity index (χ0v) is 14.3. The van der Waals surface area contributed by atoms with Crippen LogP contribution in [-0.4, -0.2) is 26.5 Å². The minimum Gasteiger partial charge on any atom is -0.384 e. The van der Waals surface area contributed by atoms with Crippen molar-refractivity contribution in [2.45, 2.75) is 12.8 Å². The summed E-state index contributed by atoms with van der Waals surface area (Å²) in [6.07, 6.45) is 2.35. The second kappa shape index (κ2) is 7.10. The van der Waals surface area contributed by atoms with Crippen molar-refractivity contribution in [2.75, 3.05) is 22.9 Å². The van der Waals surface area contributed by atoms with Crippen molar-refractivity contribution in [2.24, 2.45) is 5.92 Å². The molecule has 4 rings (SSSR count). The minimum absolute atomic E-state index is 0.146. The van der Waals surface area contributed by atoms with Crippen molar-refractivity contribution >= 4 is 23.4 Å². The molecule has 1 aliphatic rings. The van der Waals surface area contributed by atoms with E-state index in [4.69, 9.17) is 5.73 Å². The van der Waals surface area contributed by atoms with Crippen LogP contribution in [0.5, 0.6) is 0 Å². The topological polar surface area (TPSA) is 102 Å². The first-order valence-electron chi connectivity index (χ1n) is 8.51. The molecule has 1 fully saturated rings. The van der Waals surface area contributed by atoms with Gasteiger partial charge in [0.2, 0.25) is 11.9 Å². The highest BCUT2D eigenvalue weighted by Gasteiger charge is 2.21. The van der Waals surface area contributed by atoms with Crippen molar-refractivity contribution in [3.05, 3.63) is 48.0 Å². The van der Waals surface area contributed by atoms with Crippen LogP contribution in [0.4, 0.5) is 32.2 Å². The molecule has 0 bridgehead atoms. The molecule has 1 aromatic carbocycles. The van der Waals surface area contributed by atoms with E-state index in [1.165, 1.54) is 12.8 Å². The molecule has 1 saturated carbocycles. The molecule has 0 atom stereocenters. The van der Waals surface area contributed by atoms with E-state index in [-0.39, 0.29) is 11.6 Å². The largest absolute Gasteiger partial charge is 0.384 e. The fourth-order valence-corrected chi connectivity index (χ4v) is 2.51. The van der Waals surface area contributed by atoms with E-state index in [2.05, 4.69) is 30.6 Å². The molecule has 9 heteroatoms. The van der Waals surface area contributed by atoms with E-state index in [0.717, 1.165) is 24.7 Å². The van der Waals surface area contributed by atoms with E-state index in [0.29, 0.717) is 29.2 Å². The lowest BCUT2D eigenvalue weighted by molar-refractivity contribution is 0.584. The second-order valence-electron chi connectivity index (χ2n) is 6.36. The van der Waals surface area contributed by atoms with E-state index in [9.17, 15) is 8.78 Å². The quantitative estimate of drug-likeness (QED) is 0.612. The second-order valence-corrected chi connectivity index (χ2v) is 6.36. The van der Waals surface area contributed by atoms with Crippen LogP contribution in [0, 0.1) is 17.6 Å². The van der Waals surface area contributed by atoms with Gasteiger partial charge < -0.3 is 16.4 Å². The van der Waals surface area contributed by atoms with E-state index in [1.54, 1.807) is 18.2 Å². The molecule has 27 heavy (non-hydrogen) atoms. The Kier molecular flexibility index (Phi) is 4.49. The SMILES string of the molecule is Nc1cccc(-c2nc(NCC3CC3)nc(Nc3cc(F)cc(F)c3)n2)n1. The summed E-state index contributed by atoms with van der Waals surface area (Å²) in [5.41, 5.74) is 6.40. The number of nitrogen functional groups attached to an aromatic ring is 1. The maximum Gasteiger partial charge on any atom is 0.232 e. The van der Waals surface area contributed by atoms with Crippen LogP contribution in [0.15, 0.2) is 36.4 Å². The van der Waals surface area contributed by atoms with Gasteiger partial charge in [-0.3, -0.25) is 0 Å². The first-order valence-corrected chi connectivity index (χ1v) is 8.51. The molecular formula is C18H17F2N7. The summed E-state index contributed by atoms with van der Waals surface area (Å²) in [4.78, 5) is 17.2. The van der Waals surface area contributed by atoms with Crippen molar-refractivity contribution in [1.29, 1.82) is 0 Å². The van der Waals surface area contributed by atoms with Gasteiger partial charge in [-0.2, -0.15) is 15.0 Å². The number of hydrogen-bond donors (Lipinski definition) is 3. The average Bonchev–Trinajstić information content (AvgIpc) is 3.43. The molecule has 0 amide bonds. The smallest absolute Gasteiger partial charge is 0.232 e. The van der Waals surface area contributed by atoms with Crippen LogP contribution in [-0.2, 0) is 0 Å². The zero-order chi connectivity index (χ0) is 18.8. The molecule has 0 unspecified atom stereocenters. The van der Waals surface area contributed by atoms with Crippen molar-refractivity contribution in [3.8, 4) is 11.5 Å². The summed E-state index contributed by atoms with van der Waals surface area (Å²) < 4.78 is 26.9. The van der Waals surface area contributed by atoms with Crippen LogP contribution >= 0.6 is 0 Å². The van der Waals surface area contributed by atoms with Crippen LogP contribution < -0.4 is 16.4 Å². The van der Waals surface area contributed by atoms with Gasteiger partial charge in [0.25, 0.3) is 0 Å². The van der Waals surface area contributed by atoms with E-state index < -0.39 is 11.6 Å². The molecule has 0 spiro atoms. The number of anilines is 4. The first-order chi connectivity index (χ1) is 13.0. The van der Waals surface area contributed by atoms with Gasteiger partial charge in [-0.1, -0.05) is 6.07 Å². The molecule has 0 radical (unpaired) electrons. The first kappa shape index (κ1) is 17.1. The molecule has 7 nitrogen and oxygen atoms in total. The van der Waals surface area contributed by atoms with Gasteiger partial charge in [0.05, 0.1) is 0 Å². The Morgan fingerprint density at radius 1 is 0.963 bits per heavy atom. The summed E-state index contributed by atoms with van der Waals surface area (Å²) >= 11 is 0. The molecule has 138 valence electrons. The Hall–Kier alpha value is -3.36. The Labute approximate surface area is 154 Å². The standard InChI is InChI=1S/C18H17F2N7/c19-11-6-12(20)8-13(7-11)23-18-26-16(14-2-1-3-15(21)24-14)25-17(27-18)22-9-10-4-5-10/h1-3,6-8,10H,4-5,9H2,(H2,21,24)(H2,22,23,25,26,27). The predicted octanol–water partition coefficient (Wildman–Crippen LogP) is 3.36. The normalized spacial score (nSPS) is 13.4. The van der Waals surface area contributed by atoms with Gasteiger partial charge in [-0.25, -0.2) is 13.8 Å². The maximum atomic E-state index is 13.4. The summed E-state index contributed by atoms with van der Waals surface area (Å²) in [6.45, 7) is 0.752. The lowest BCUT2D eigenvalue weighted by Crippen LogP contribution is -2.11. The van der Waals surface area contributed by atoms with E-state index in [1.807, 2.05) is 0 Å². The number of rotatable bonds is 6.